The molecule has 5 rings (SSSR count). The summed E-state index contributed by atoms with van der Waals surface area (Å²) in [5.41, 5.74) is 0.811. The normalized spacial score (nSPS) is 25.3. The van der Waals surface area contributed by atoms with E-state index in [4.69, 9.17) is 4.74 Å². The summed E-state index contributed by atoms with van der Waals surface area (Å²) in [7, 11) is 0. The molecule has 2 aromatic carbocycles. The molecule has 5 atom stereocenters. The summed E-state index contributed by atoms with van der Waals surface area (Å²) >= 11 is 0. The largest absolute Gasteiger partial charge is 0.396 e. The Balaban J connectivity index is 1.55. The standard InChI is InChI=1S/C40H54N4O5/c1-6-25-42(29-30-17-13-11-14-18-30)36(46)33-34-37(47)44(27-15-12-16-28-45)35(40(34)24-23-39(33,8-3)49-40)38(48)43(26-7-2)32-21-19-31(20-22-32)41(9-4)10-5/h6-7,11,13-14,17-22,33-35,45H,1-2,8-10,12,15-16,23-29H2,3-5H3/t33-,34+,35?,39+,40?/m1/s1. The molecule has 0 saturated carbocycles. The maximum atomic E-state index is 15.0. The van der Waals surface area contributed by atoms with Gasteiger partial charge in [0.2, 0.25) is 11.8 Å². The molecule has 49 heavy (non-hydrogen) atoms. The van der Waals surface area contributed by atoms with Crippen molar-refractivity contribution in [2.24, 2.45) is 11.8 Å². The maximum Gasteiger partial charge on any atom is 0.253 e. The fourth-order valence-corrected chi connectivity index (χ4v) is 8.60. The van der Waals surface area contributed by atoms with Gasteiger partial charge in [0.1, 0.15) is 11.6 Å². The zero-order chi connectivity index (χ0) is 35.2. The third-order valence-corrected chi connectivity index (χ3v) is 11.0. The first-order valence-electron chi connectivity index (χ1n) is 18.1. The van der Waals surface area contributed by atoms with Crippen molar-refractivity contribution in [3.63, 3.8) is 0 Å². The van der Waals surface area contributed by atoms with Crippen molar-refractivity contribution in [1.82, 2.24) is 9.80 Å². The SMILES string of the molecule is C=CCN(Cc1ccccc1)C(=O)[C@H]1[C@H]2C(=O)N(CCCCCO)C(C(=O)N(CC=C)c3ccc(N(CC)CC)cc3)C23CC[C@]1(CC)O3. The molecule has 3 amide bonds. The van der Waals surface area contributed by atoms with Crippen LogP contribution in [0.4, 0.5) is 11.4 Å². The molecule has 2 unspecified atom stereocenters. The van der Waals surface area contributed by atoms with Gasteiger partial charge in [-0.25, -0.2) is 0 Å². The van der Waals surface area contributed by atoms with Gasteiger partial charge in [0.05, 0.1) is 17.4 Å². The van der Waals surface area contributed by atoms with Crippen LogP contribution in [0.15, 0.2) is 79.9 Å². The van der Waals surface area contributed by atoms with E-state index in [1.54, 1.807) is 26.9 Å². The minimum atomic E-state index is -1.13. The highest BCUT2D eigenvalue weighted by atomic mass is 16.5. The molecule has 3 saturated heterocycles. The quantitative estimate of drug-likeness (QED) is 0.164. The summed E-state index contributed by atoms with van der Waals surface area (Å²) in [4.78, 5) is 52.0. The number of hydrogen-bond donors (Lipinski definition) is 1. The number of anilines is 2. The lowest BCUT2D eigenvalue weighted by Gasteiger charge is -2.37. The molecule has 1 N–H and O–H groups in total. The van der Waals surface area contributed by atoms with Gasteiger partial charge < -0.3 is 29.4 Å². The number of carbonyl (C=O) groups is 3. The van der Waals surface area contributed by atoms with Crippen molar-refractivity contribution in [1.29, 1.82) is 0 Å². The summed E-state index contributed by atoms with van der Waals surface area (Å²) in [5, 5.41) is 9.44. The summed E-state index contributed by atoms with van der Waals surface area (Å²) in [6.07, 6.45) is 7.07. The lowest BCUT2D eigenvalue weighted by Crippen LogP contribution is -2.56. The molecular weight excluding hydrogens is 616 g/mol. The van der Waals surface area contributed by atoms with Crippen molar-refractivity contribution in [3.05, 3.63) is 85.5 Å². The number of benzene rings is 2. The number of aliphatic hydroxyl groups excluding tert-OH is 1. The molecule has 3 heterocycles. The highest BCUT2D eigenvalue weighted by Crippen LogP contribution is 2.64. The molecule has 3 aliphatic heterocycles. The van der Waals surface area contributed by atoms with Crippen molar-refractivity contribution in [2.75, 3.05) is 49.1 Å². The first-order valence-corrected chi connectivity index (χ1v) is 18.1. The smallest absolute Gasteiger partial charge is 0.253 e. The number of aliphatic hydroxyl groups is 1. The lowest BCUT2D eigenvalue weighted by molar-refractivity contribution is -0.151. The lowest BCUT2D eigenvalue weighted by atomic mass is 9.64. The number of nitrogens with zero attached hydrogens (tertiary/aromatic N) is 4. The van der Waals surface area contributed by atoms with Crippen LogP contribution in [-0.2, 0) is 25.7 Å². The third kappa shape index (κ3) is 6.67. The number of amides is 3. The molecular formula is C40H54N4O5. The van der Waals surface area contributed by atoms with Gasteiger partial charge in [-0.3, -0.25) is 14.4 Å². The summed E-state index contributed by atoms with van der Waals surface area (Å²) in [5.74, 6) is -2.04. The van der Waals surface area contributed by atoms with Gasteiger partial charge in [-0.15, -0.1) is 13.2 Å². The maximum absolute atomic E-state index is 15.0. The second-order valence-electron chi connectivity index (χ2n) is 13.6. The molecule has 2 aromatic rings. The Kier molecular flexibility index (Phi) is 11.7. The van der Waals surface area contributed by atoms with Gasteiger partial charge in [0.25, 0.3) is 5.91 Å². The minimum Gasteiger partial charge on any atom is -0.396 e. The average Bonchev–Trinajstić information content (AvgIpc) is 3.73. The number of hydrogen-bond acceptors (Lipinski definition) is 6. The molecule has 1 spiro atoms. The fraction of sp³-hybridized carbons (Fsp3) is 0.525. The fourth-order valence-electron chi connectivity index (χ4n) is 8.60. The third-order valence-electron chi connectivity index (χ3n) is 11.0. The van der Waals surface area contributed by atoms with Gasteiger partial charge in [0, 0.05) is 57.3 Å². The van der Waals surface area contributed by atoms with E-state index in [9.17, 15) is 14.7 Å². The molecule has 9 heteroatoms. The van der Waals surface area contributed by atoms with Gasteiger partial charge in [-0.1, -0.05) is 49.4 Å². The van der Waals surface area contributed by atoms with Crippen LogP contribution in [-0.4, -0.2) is 89.2 Å². The Labute approximate surface area is 292 Å². The predicted molar refractivity (Wildman–Crippen MR) is 194 cm³/mol. The number of carbonyl (C=O) groups excluding carboxylic acids is 3. The first-order chi connectivity index (χ1) is 23.7. The number of likely N-dealkylation sites (tertiary alicyclic amines) is 1. The van der Waals surface area contributed by atoms with Gasteiger partial charge in [-0.2, -0.15) is 0 Å². The van der Waals surface area contributed by atoms with Crippen LogP contribution in [0.2, 0.25) is 0 Å². The highest BCUT2D eigenvalue weighted by Gasteiger charge is 2.79. The molecule has 0 aromatic heterocycles. The number of ether oxygens (including phenoxy) is 1. The molecule has 264 valence electrons. The van der Waals surface area contributed by atoms with E-state index in [0.717, 1.165) is 30.0 Å². The number of rotatable bonds is 18. The van der Waals surface area contributed by atoms with Crippen molar-refractivity contribution < 1.29 is 24.2 Å². The van der Waals surface area contributed by atoms with Crippen LogP contribution in [0.1, 0.15) is 64.9 Å². The van der Waals surface area contributed by atoms with Crippen molar-refractivity contribution in [3.8, 4) is 0 Å². The van der Waals surface area contributed by atoms with E-state index in [2.05, 4.69) is 31.9 Å². The van der Waals surface area contributed by atoms with Gasteiger partial charge in [-0.05, 0) is 82.2 Å². The predicted octanol–water partition coefficient (Wildman–Crippen LogP) is 5.58. The van der Waals surface area contributed by atoms with E-state index in [-0.39, 0.29) is 30.9 Å². The van der Waals surface area contributed by atoms with E-state index in [0.29, 0.717) is 58.2 Å². The first kappa shape index (κ1) is 36.3. The Hall–Kier alpha value is -3.95. The van der Waals surface area contributed by atoms with Crippen LogP contribution in [0, 0.1) is 11.8 Å². The van der Waals surface area contributed by atoms with E-state index in [1.807, 2.05) is 61.5 Å². The zero-order valence-electron chi connectivity index (χ0n) is 29.6. The van der Waals surface area contributed by atoms with Crippen LogP contribution < -0.4 is 9.80 Å². The van der Waals surface area contributed by atoms with Crippen LogP contribution in [0.25, 0.3) is 0 Å². The number of unbranched alkanes of at least 4 members (excludes halogenated alkanes) is 2. The zero-order valence-corrected chi connectivity index (χ0v) is 29.6. The number of fused-ring (bicyclic) bond motifs is 1. The summed E-state index contributed by atoms with van der Waals surface area (Å²) in [6, 6.07) is 16.9. The Bertz CT molecular complexity index is 1480. The van der Waals surface area contributed by atoms with Crippen LogP contribution in [0.5, 0.6) is 0 Å². The van der Waals surface area contributed by atoms with Crippen molar-refractivity contribution >= 4 is 29.1 Å². The molecule has 2 bridgehead atoms. The Morgan fingerprint density at radius 2 is 1.59 bits per heavy atom. The second-order valence-corrected chi connectivity index (χ2v) is 13.6. The van der Waals surface area contributed by atoms with Gasteiger partial charge in [0.15, 0.2) is 0 Å². The topological polar surface area (TPSA) is 93.6 Å². The van der Waals surface area contributed by atoms with Crippen molar-refractivity contribution in [2.45, 2.75) is 83.1 Å². The Morgan fingerprint density at radius 1 is 0.918 bits per heavy atom. The molecule has 0 aliphatic carbocycles. The Morgan fingerprint density at radius 3 is 2.20 bits per heavy atom. The molecule has 3 aliphatic rings. The van der Waals surface area contributed by atoms with Crippen LogP contribution >= 0.6 is 0 Å². The minimum absolute atomic E-state index is 0.0682. The summed E-state index contributed by atoms with van der Waals surface area (Å²) in [6.45, 7) is 17.3. The molecule has 0 radical (unpaired) electrons. The van der Waals surface area contributed by atoms with E-state index >= 15 is 4.79 Å². The highest BCUT2D eigenvalue weighted by molar-refractivity contribution is 6.05. The average molecular weight is 671 g/mol. The summed E-state index contributed by atoms with van der Waals surface area (Å²) < 4.78 is 7.08. The monoisotopic (exact) mass is 670 g/mol. The second kappa shape index (κ2) is 15.7. The molecule has 9 nitrogen and oxygen atoms in total. The van der Waals surface area contributed by atoms with Gasteiger partial charge >= 0.3 is 0 Å². The van der Waals surface area contributed by atoms with E-state index < -0.39 is 29.1 Å². The molecule has 3 fully saturated rings. The van der Waals surface area contributed by atoms with Crippen LogP contribution in [0.3, 0.4) is 0 Å². The van der Waals surface area contributed by atoms with E-state index in [1.165, 1.54) is 0 Å².